The summed E-state index contributed by atoms with van der Waals surface area (Å²) in [6.45, 7) is 5.59. The zero-order valence-electron chi connectivity index (χ0n) is 19.1. The number of aryl methyl sites for hydroxylation is 3. The van der Waals surface area contributed by atoms with Gasteiger partial charge in [-0.15, -0.1) is 0 Å². The van der Waals surface area contributed by atoms with Gasteiger partial charge in [0, 0.05) is 17.3 Å². The molecule has 3 aromatic rings. The molecule has 0 atom stereocenters. The fraction of sp³-hybridized carbons (Fsp3) is 0.269. The summed E-state index contributed by atoms with van der Waals surface area (Å²) in [5.74, 6) is -0.395. The Bertz CT molecular complexity index is 1200. The van der Waals surface area contributed by atoms with Crippen molar-refractivity contribution in [2.45, 2.75) is 45.1 Å². The SMILES string of the molecule is CCc1cccc(CC)c1NC(=O)CN(Cc1ccccc1Cl)S(=O)(=O)c1ccc(C)cc1. The summed E-state index contributed by atoms with van der Waals surface area (Å²) < 4.78 is 28.2. The molecule has 33 heavy (non-hydrogen) atoms. The zero-order valence-corrected chi connectivity index (χ0v) is 20.7. The lowest BCUT2D eigenvalue weighted by Crippen LogP contribution is -2.38. The van der Waals surface area contributed by atoms with Gasteiger partial charge >= 0.3 is 0 Å². The lowest BCUT2D eigenvalue weighted by atomic mass is 10.0. The molecule has 3 aromatic carbocycles. The number of benzene rings is 3. The van der Waals surface area contributed by atoms with Crippen LogP contribution in [0.25, 0.3) is 0 Å². The first-order chi connectivity index (χ1) is 15.8. The largest absolute Gasteiger partial charge is 0.324 e. The Morgan fingerprint density at radius 3 is 2.03 bits per heavy atom. The van der Waals surface area contributed by atoms with Gasteiger partial charge in [-0.1, -0.05) is 79.5 Å². The second kappa shape index (κ2) is 11.0. The van der Waals surface area contributed by atoms with Crippen molar-refractivity contribution in [1.82, 2.24) is 4.31 Å². The van der Waals surface area contributed by atoms with Crippen LogP contribution in [-0.2, 0) is 34.2 Å². The van der Waals surface area contributed by atoms with E-state index in [4.69, 9.17) is 11.6 Å². The van der Waals surface area contributed by atoms with E-state index in [9.17, 15) is 13.2 Å². The lowest BCUT2D eigenvalue weighted by molar-refractivity contribution is -0.116. The topological polar surface area (TPSA) is 66.5 Å². The summed E-state index contributed by atoms with van der Waals surface area (Å²) in [5, 5.41) is 3.42. The van der Waals surface area contributed by atoms with Gasteiger partial charge in [0.25, 0.3) is 0 Å². The molecule has 0 aliphatic rings. The highest BCUT2D eigenvalue weighted by molar-refractivity contribution is 7.89. The Morgan fingerprint density at radius 1 is 0.879 bits per heavy atom. The van der Waals surface area contributed by atoms with Crippen LogP contribution < -0.4 is 5.32 Å². The molecule has 0 fully saturated rings. The van der Waals surface area contributed by atoms with Gasteiger partial charge in [0.1, 0.15) is 0 Å². The summed E-state index contributed by atoms with van der Waals surface area (Å²) >= 11 is 6.31. The van der Waals surface area contributed by atoms with Gasteiger partial charge in [0.2, 0.25) is 15.9 Å². The first-order valence-electron chi connectivity index (χ1n) is 11.0. The molecule has 5 nitrogen and oxygen atoms in total. The third-order valence-corrected chi connectivity index (χ3v) is 7.72. The molecule has 0 unspecified atom stereocenters. The van der Waals surface area contributed by atoms with E-state index in [0.29, 0.717) is 10.6 Å². The molecule has 0 aromatic heterocycles. The molecule has 1 amide bonds. The van der Waals surface area contributed by atoms with Crippen molar-refractivity contribution in [2.24, 2.45) is 0 Å². The maximum Gasteiger partial charge on any atom is 0.243 e. The molecule has 174 valence electrons. The number of sulfonamides is 1. The van der Waals surface area contributed by atoms with E-state index >= 15 is 0 Å². The van der Waals surface area contributed by atoms with E-state index in [1.54, 1.807) is 48.5 Å². The number of nitrogens with one attached hydrogen (secondary N) is 1. The van der Waals surface area contributed by atoms with Crippen molar-refractivity contribution >= 4 is 33.2 Å². The Hall–Kier alpha value is -2.67. The summed E-state index contributed by atoms with van der Waals surface area (Å²) in [4.78, 5) is 13.3. The van der Waals surface area contributed by atoms with Crippen LogP contribution in [0.4, 0.5) is 5.69 Å². The second-order valence-corrected chi connectivity index (χ2v) is 10.2. The number of hydrogen-bond donors (Lipinski definition) is 1. The third kappa shape index (κ3) is 6.02. The van der Waals surface area contributed by atoms with Crippen LogP contribution in [0, 0.1) is 6.92 Å². The van der Waals surface area contributed by atoms with Crippen molar-refractivity contribution in [3.8, 4) is 0 Å². The zero-order chi connectivity index (χ0) is 24.0. The molecule has 0 spiro atoms. The van der Waals surface area contributed by atoms with E-state index in [-0.39, 0.29) is 18.0 Å². The van der Waals surface area contributed by atoms with Crippen molar-refractivity contribution in [3.05, 3.63) is 94.0 Å². The highest BCUT2D eigenvalue weighted by Crippen LogP contribution is 2.25. The Kier molecular flexibility index (Phi) is 8.30. The fourth-order valence-corrected chi connectivity index (χ4v) is 5.21. The van der Waals surface area contributed by atoms with Gasteiger partial charge < -0.3 is 5.32 Å². The van der Waals surface area contributed by atoms with E-state index in [2.05, 4.69) is 5.32 Å². The first-order valence-corrected chi connectivity index (χ1v) is 12.8. The number of nitrogens with zero attached hydrogens (tertiary/aromatic N) is 1. The number of halogens is 1. The van der Waals surface area contributed by atoms with Gasteiger partial charge in [-0.3, -0.25) is 4.79 Å². The van der Waals surface area contributed by atoms with Crippen molar-refractivity contribution < 1.29 is 13.2 Å². The Balaban J connectivity index is 1.94. The number of carbonyl (C=O) groups excluding carboxylic acids is 1. The second-order valence-electron chi connectivity index (χ2n) is 7.88. The van der Waals surface area contributed by atoms with Crippen LogP contribution in [0.15, 0.2) is 71.6 Å². The highest BCUT2D eigenvalue weighted by Gasteiger charge is 2.28. The summed E-state index contributed by atoms with van der Waals surface area (Å²) in [7, 11) is -3.94. The molecule has 0 saturated heterocycles. The summed E-state index contributed by atoms with van der Waals surface area (Å²) in [6.07, 6.45) is 1.52. The predicted molar refractivity (Wildman–Crippen MR) is 134 cm³/mol. The molecule has 0 saturated carbocycles. The number of amides is 1. The van der Waals surface area contributed by atoms with E-state index < -0.39 is 15.9 Å². The quantitative estimate of drug-likeness (QED) is 0.429. The minimum absolute atomic E-state index is 0.0145. The van der Waals surface area contributed by atoms with Gasteiger partial charge in [0.05, 0.1) is 11.4 Å². The monoisotopic (exact) mass is 484 g/mol. The average molecular weight is 485 g/mol. The van der Waals surface area contributed by atoms with Crippen molar-refractivity contribution in [3.63, 3.8) is 0 Å². The van der Waals surface area contributed by atoms with E-state index in [0.717, 1.165) is 35.2 Å². The van der Waals surface area contributed by atoms with Gasteiger partial charge in [-0.05, 0) is 54.7 Å². The molecular weight excluding hydrogens is 456 g/mol. The molecule has 3 rings (SSSR count). The molecule has 0 heterocycles. The molecule has 1 N–H and O–H groups in total. The Labute approximate surface area is 201 Å². The van der Waals surface area contributed by atoms with Crippen LogP contribution >= 0.6 is 11.6 Å². The van der Waals surface area contributed by atoms with Crippen LogP contribution in [0.5, 0.6) is 0 Å². The molecular formula is C26H29ClN2O3S. The molecule has 0 aliphatic heterocycles. The molecule has 0 bridgehead atoms. The van der Waals surface area contributed by atoms with Crippen molar-refractivity contribution in [1.29, 1.82) is 0 Å². The van der Waals surface area contributed by atoms with Crippen LogP contribution in [-0.4, -0.2) is 25.2 Å². The number of carbonyl (C=O) groups is 1. The van der Waals surface area contributed by atoms with Gasteiger partial charge in [-0.25, -0.2) is 8.42 Å². The first kappa shape index (κ1) is 25.0. The van der Waals surface area contributed by atoms with Crippen molar-refractivity contribution in [2.75, 3.05) is 11.9 Å². The lowest BCUT2D eigenvalue weighted by Gasteiger charge is -2.23. The fourth-order valence-electron chi connectivity index (χ4n) is 3.64. The summed E-state index contributed by atoms with van der Waals surface area (Å²) in [5.41, 5.74) is 4.37. The number of rotatable bonds is 9. The number of hydrogen-bond acceptors (Lipinski definition) is 3. The highest BCUT2D eigenvalue weighted by atomic mass is 35.5. The number of para-hydroxylation sites is 1. The minimum Gasteiger partial charge on any atom is -0.324 e. The van der Waals surface area contributed by atoms with Gasteiger partial charge in [0.15, 0.2) is 0 Å². The van der Waals surface area contributed by atoms with Crippen LogP contribution in [0.1, 0.15) is 36.1 Å². The maximum absolute atomic E-state index is 13.5. The summed E-state index contributed by atoms with van der Waals surface area (Å²) in [6, 6.07) is 19.6. The van der Waals surface area contributed by atoms with E-state index in [1.165, 1.54) is 4.31 Å². The predicted octanol–water partition coefficient (Wildman–Crippen LogP) is 5.60. The maximum atomic E-state index is 13.5. The minimum atomic E-state index is -3.94. The van der Waals surface area contributed by atoms with Crippen LogP contribution in [0.3, 0.4) is 0 Å². The third-order valence-electron chi connectivity index (χ3n) is 5.55. The smallest absolute Gasteiger partial charge is 0.243 e. The van der Waals surface area contributed by atoms with E-state index in [1.807, 2.05) is 39.0 Å². The molecule has 7 heteroatoms. The number of anilines is 1. The van der Waals surface area contributed by atoms with Gasteiger partial charge in [-0.2, -0.15) is 4.31 Å². The average Bonchev–Trinajstić information content (AvgIpc) is 2.80. The standard InChI is InChI=1S/C26H29ClN2O3S/c1-4-20-10-8-11-21(5-2)26(20)28-25(30)18-29(17-22-9-6-7-12-24(22)27)33(31,32)23-15-13-19(3)14-16-23/h6-16H,4-5,17-18H2,1-3H3,(H,28,30). The Morgan fingerprint density at radius 2 is 1.45 bits per heavy atom. The normalized spacial score (nSPS) is 11.5. The molecule has 0 aliphatic carbocycles. The molecule has 0 radical (unpaired) electrons. The van der Waals surface area contributed by atoms with Crippen LogP contribution in [0.2, 0.25) is 5.02 Å².